The molecule has 3 nitrogen and oxygen atoms in total. The monoisotopic (exact) mass is 208 g/mol. The van der Waals surface area contributed by atoms with Crippen molar-refractivity contribution >= 4 is 17.5 Å². The number of nitrogens with one attached hydrogen (secondary N) is 1. The van der Waals surface area contributed by atoms with Gasteiger partial charge in [-0.1, -0.05) is 17.7 Å². The van der Waals surface area contributed by atoms with Gasteiger partial charge in [0.2, 0.25) is 0 Å². The molecular formula is C10H9ClN2O. The quantitative estimate of drug-likeness (QED) is 0.805. The highest BCUT2D eigenvalue weighted by Crippen LogP contribution is 2.17. The van der Waals surface area contributed by atoms with Crippen LogP contribution in [0.1, 0.15) is 15.9 Å². The van der Waals surface area contributed by atoms with Gasteiger partial charge in [0.25, 0.3) is 5.91 Å². The number of carbonyl (C=O) groups is 1. The highest BCUT2D eigenvalue weighted by atomic mass is 35.5. The van der Waals surface area contributed by atoms with Gasteiger partial charge in [-0.3, -0.25) is 4.79 Å². The van der Waals surface area contributed by atoms with Gasteiger partial charge >= 0.3 is 0 Å². The van der Waals surface area contributed by atoms with Crippen molar-refractivity contribution in [2.45, 2.75) is 6.42 Å². The van der Waals surface area contributed by atoms with Crippen LogP contribution in [0.4, 0.5) is 0 Å². The van der Waals surface area contributed by atoms with Crippen LogP contribution in [-0.2, 0) is 6.42 Å². The SMILES string of the molecule is CNC(=O)c1cc(CC#N)ccc1Cl. The second-order valence-electron chi connectivity index (χ2n) is 2.73. The van der Waals surface area contributed by atoms with E-state index in [4.69, 9.17) is 16.9 Å². The molecule has 0 aliphatic carbocycles. The van der Waals surface area contributed by atoms with Crippen LogP contribution in [0.15, 0.2) is 18.2 Å². The summed E-state index contributed by atoms with van der Waals surface area (Å²) in [7, 11) is 1.54. The molecule has 1 amide bonds. The van der Waals surface area contributed by atoms with E-state index in [1.165, 1.54) is 7.05 Å². The van der Waals surface area contributed by atoms with Gasteiger partial charge in [-0.2, -0.15) is 5.26 Å². The Morgan fingerprint density at radius 3 is 2.93 bits per heavy atom. The van der Waals surface area contributed by atoms with E-state index in [0.29, 0.717) is 10.6 Å². The number of halogens is 1. The van der Waals surface area contributed by atoms with E-state index in [2.05, 4.69) is 5.32 Å². The average molecular weight is 209 g/mol. The summed E-state index contributed by atoms with van der Waals surface area (Å²) in [6.45, 7) is 0. The zero-order valence-electron chi connectivity index (χ0n) is 7.67. The fourth-order valence-corrected chi connectivity index (χ4v) is 1.29. The molecule has 0 bridgehead atoms. The third-order valence-electron chi connectivity index (χ3n) is 1.79. The molecule has 14 heavy (non-hydrogen) atoms. The Bertz CT molecular complexity index is 396. The number of hydrogen-bond donors (Lipinski definition) is 1. The van der Waals surface area contributed by atoms with Crippen molar-refractivity contribution in [1.29, 1.82) is 5.26 Å². The predicted octanol–water partition coefficient (Wildman–Crippen LogP) is 1.77. The zero-order chi connectivity index (χ0) is 10.6. The molecule has 0 spiro atoms. The fraction of sp³-hybridized carbons (Fsp3) is 0.200. The van der Waals surface area contributed by atoms with E-state index < -0.39 is 0 Å². The molecule has 4 heteroatoms. The van der Waals surface area contributed by atoms with Crippen LogP contribution in [0.2, 0.25) is 5.02 Å². The molecule has 72 valence electrons. The fourth-order valence-electron chi connectivity index (χ4n) is 1.08. The van der Waals surface area contributed by atoms with Crippen LogP contribution >= 0.6 is 11.6 Å². The predicted molar refractivity (Wildman–Crippen MR) is 54.2 cm³/mol. The van der Waals surface area contributed by atoms with Crippen LogP contribution in [0.25, 0.3) is 0 Å². The molecule has 0 saturated carbocycles. The summed E-state index contributed by atoms with van der Waals surface area (Å²) in [4.78, 5) is 11.3. The maximum Gasteiger partial charge on any atom is 0.252 e. The van der Waals surface area contributed by atoms with Crippen molar-refractivity contribution in [1.82, 2.24) is 5.32 Å². The molecule has 1 aromatic rings. The average Bonchev–Trinajstić information content (AvgIpc) is 2.20. The Labute approximate surface area is 87.3 Å². The second kappa shape index (κ2) is 4.64. The molecule has 1 N–H and O–H groups in total. The minimum atomic E-state index is -0.241. The summed E-state index contributed by atoms with van der Waals surface area (Å²) in [6.07, 6.45) is 0.279. The molecular weight excluding hydrogens is 200 g/mol. The Balaban J connectivity index is 3.09. The van der Waals surface area contributed by atoms with Crippen LogP contribution in [-0.4, -0.2) is 13.0 Å². The minimum Gasteiger partial charge on any atom is -0.355 e. The number of amides is 1. The molecule has 0 aliphatic rings. The van der Waals surface area contributed by atoms with Crippen molar-refractivity contribution in [3.05, 3.63) is 34.3 Å². The molecule has 0 atom stereocenters. The van der Waals surface area contributed by atoms with Crippen molar-refractivity contribution < 1.29 is 4.79 Å². The Morgan fingerprint density at radius 2 is 2.36 bits per heavy atom. The van der Waals surface area contributed by atoms with E-state index in [-0.39, 0.29) is 12.3 Å². The van der Waals surface area contributed by atoms with Gasteiger partial charge in [-0.15, -0.1) is 0 Å². The van der Waals surface area contributed by atoms with Crippen molar-refractivity contribution in [3.8, 4) is 6.07 Å². The summed E-state index contributed by atoms with van der Waals surface area (Å²) in [6, 6.07) is 7.00. The summed E-state index contributed by atoms with van der Waals surface area (Å²) >= 11 is 5.83. The summed E-state index contributed by atoms with van der Waals surface area (Å²) in [5, 5.41) is 11.4. The second-order valence-corrected chi connectivity index (χ2v) is 3.14. The largest absolute Gasteiger partial charge is 0.355 e. The summed E-state index contributed by atoms with van der Waals surface area (Å²) in [5.74, 6) is -0.241. The molecule has 1 rings (SSSR count). The minimum absolute atomic E-state index is 0.241. The summed E-state index contributed by atoms with van der Waals surface area (Å²) < 4.78 is 0. The van der Waals surface area contributed by atoms with Crippen molar-refractivity contribution in [2.75, 3.05) is 7.05 Å². The third-order valence-corrected chi connectivity index (χ3v) is 2.12. The molecule has 1 aromatic carbocycles. The first kappa shape index (κ1) is 10.6. The van der Waals surface area contributed by atoms with E-state index in [1.54, 1.807) is 18.2 Å². The first-order valence-electron chi connectivity index (χ1n) is 4.06. The highest BCUT2D eigenvalue weighted by molar-refractivity contribution is 6.33. The maximum atomic E-state index is 11.3. The number of rotatable bonds is 2. The normalized spacial score (nSPS) is 9.21. The highest BCUT2D eigenvalue weighted by Gasteiger charge is 2.08. The smallest absolute Gasteiger partial charge is 0.252 e. The van der Waals surface area contributed by atoms with Crippen LogP contribution in [0, 0.1) is 11.3 Å². The molecule has 0 fully saturated rings. The summed E-state index contributed by atoms with van der Waals surface area (Å²) in [5.41, 5.74) is 1.19. The van der Waals surface area contributed by atoms with Crippen molar-refractivity contribution in [2.24, 2.45) is 0 Å². The molecule has 0 radical (unpaired) electrons. The Kier molecular flexibility index (Phi) is 3.49. The molecule has 0 aliphatic heterocycles. The van der Waals surface area contributed by atoms with Crippen LogP contribution < -0.4 is 5.32 Å². The zero-order valence-corrected chi connectivity index (χ0v) is 8.43. The third kappa shape index (κ3) is 2.24. The Hall–Kier alpha value is -1.53. The first-order valence-corrected chi connectivity index (χ1v) is 4.44. The molecule has 0 heterocycles. The number of benzene rings is 1. The lowest BCUT2D eigenvalue weighted by Gasteiger charge is -2.03. The number of nitriles is 1. The van der Waals surface area contributed by atoms with Gasteiger partial charge in [0.1, 0.15) is 0 Å². The lowest BCUT2D eigenvalue weighted by molar-refractivity contribution is 0.0963. The lowest BCUT2D eigenvalue weighted by Crippen LogP contribution is -2.18. The van der Waals surface area contributed by atoms with E-state index in [9.17, 15) is 4.79 Å². The first-order chi connectivity index (χ1) is 6.69. The van der Waals surface area contributed by atoms with Gasteiger partial charge in [0.15, 0.2) is 0 Å². The van der Waals surface area contributed by atoms with Crippen molar-refractivity contribution in [3.63, 3.8) is 0 Å². The molecule has 0 aromatic heterocycles. The van der Waals surface area contributed by atoms with E-state index in [1.807, 2.05) is 6.07 Å². The van der Waals surface area contributed by atoms with Gasteiger partial charge in [-0.25, -0.2) is 0 Å². The molecule has 0 saturated heterocycles. The standard InChI is InChI=1S/C10H9ClN2O/c1-13-10(14)8-6-7(4-5-12)2-3-9(8)11/h2-3,6H,4H2,1H3,(H,13,14). The topological polar surface area (TPSA) is 52.9 Å². The lowest BCUT2D eigenvalue weighted by atomic mass is 10.1. The van der Waals surface area contributed by atoms with E-state index in [0.717, 1.165) is 5.56 Å². The Morgan fingerprint density at radius 1 is 1.64 bits per heavy atom. The number of hydrogen-bond acceptors (Lipinski definition) is 2. The number of nitrogens with zero attached hydrogens (tertiary/aromatic N) is 1. The van der Waals surface area contributed by atoms with Crippen LogP contribution in [0.5, 0.6) is 0 Å². The van der Waals surface area contributed by atoms with Crippen LogP contribution in [0.3, 0.4) is 0 Å². The van der Waals surface area contributed by atoms with Gasteiger partial charge in [0.05, 0.1) is 23.1 Å². The maximum absolute atomic E-state index is 11.3. The van der Waals surface area contributed by atoms with Gasteiger partial charge in [-0.05, 0) is 17.7 Å². The van der Waals surface area contributed by atoms with Gasteiger partial charge in [0, 0.05) is 7.05 Å². The van der Waals surface area contributed by atoms with E-state index >= 15 is 0 Å². The molecule has 0 unspecified atom stereocenters. The number of carbonyl (C=O) groups excluding carboxylic acids is 1. The van der Waals surface area contributed by atoms with Gasteiger partial charge < -0.3 is 5.32 Å².